The third-order valence-corrected chi connectivity index (χ3v) is 3.76. The second-order valence-corrected chi connectivity index (χ2v) is 5.93. The monoisotopic (exact) mass is 325 g/mol. The first kappa shape index (κ1) is 17.7. The summed E-state index contributed by atoms with van der Waals surface area (Å²) in [7, 11) is 3.89. The van der Waals surface area contributed by atoms with E-state index in [0.29, 0.717) is 34.5 Å². The van der Waals surface area contributed by atoms with Crippen LogP contribution in [0.5, 0.6) is 0 Å². The second kappa shape index (κ2) is 7.75. The van der Waals surface area contributed by atoms with Gasteiger partial charge in [0.15, 0.2) is 5.78 Å². The van der Waals surface area contributed by atoms with Crippen molar-refractivity contribution in [3.63, 3.8) is 0 Å². The van der Waals surface area contributed by atoms with E-state index in [1.165, 1.54) is 6.92 Å². The van der Waals surface area contributed by atoms with Crippen molar-refractivity contribution in [2.45, 2.75) is 6.92 Å². The Morgan fingerprint density at radius 3 is 2.38 bits per heavy atom. The average Bonchev–Trinajstić information content (AvgIpc) is 2.54. The van der Waals surface area contributed by atoms with Crippen molar-refractivity contribution in [3.8, 4) is 11.1 Å². The van der Waals surface area contributed by atoms with E-state index in [1.54, 1.807) is 30.3 Å². The molecule has 0 heterocycles. The number of anilines is 1. The molecule has 5 heteroatoms. The molecule has 1 amide bonds. The van der Waals surface area contributed by atoms with E-state index in [9.17, 15) is 9.59 Å². The molecule has 0 fully saturated rings. The SMILES string of the molecule is CC(=O)c1ccccc1-c1c(N)cccc1C(=O)NCCN(C)C. The normalized spacial score (nSPS) is 10.7. The summed E-state index contributed by atoms with van der Waals surface area (Å²) in [4.78, 5) is 26.5. The number of hydrogen-bond acceptors (Lipinski definition) is 4. The average molecular weight is 325 g/mol. The van der Waals surface area contributed by atoms with Crippen LogP contribution in [0.1, 0.15) is 27.6 Å². The third-order valence-electron chi connectivity index (χ3n) is 3.76. The molecule has 0 aliphatic rings. The van der Waals surface area contributed by atoms with Gasteiger partial charge in [0.05, 0.1) is 0 Å². The highest BCUT2D eigenvalue weighted by Crippen LogP contribution is 2.32. The van der Waals surface area contributed by atoms with Crippen LogP contribution in [0.25, 0.3) is 11.1 Å². The summed E-state index contributed by atoms with van der Waals surface area (Å²) in [6.07, 6.45) is 0. The highest BCUT2D eigenvalue weighted by Gasteiger charge is 2.18. The zero-order chi connectivity index (χ0) is 17.7. The quantitative estimate of drug-likeness (QED) is 0.632. The number of likely N-dealkylation sites (N-methyl/N-ethyl adjacent to an activating group) is 1. The summed E-state index contributed by atoms with van der Waals surface area (Å²) in [5.74, 6) is -0.259. The number of Topliss-reactive ketones (excluding diaryl/α,β-unsaturated/α-hetero) is 1. The number of carbonyl (C=O) groups is 2. The number of nitrogens with two attached hydrogens (primary N) is 1. The number of amides is 1. The van der Waals surface area contributed by atoms with E-state index in [4.69, 9.17) is 5.73 Å². The van der Waals surface area contributed by atoms with Crippen LogP contribution >= 0.6 is 0 Å². The molecule has 2 rings (SSSR count). The Bertz CT molecular complexity index is 754. The summed E-state index contributed by atoms with van der Waals surface area (Å²) in [6, 6.07) is 12.4. The van der Waals surface area contributed by atoms with E-state index in [2.05, 4.69) is 5.32 Å². The zero-order valence-corrected chi connectivity index (χ0v) is 14.3. The van der Waals surface area contributed by atoms with Crippen molar-refractivity contribution in [2.24, 2.45) is 0 Å². The van der Waals surface area contributed by atoms with Crippen LogP contribution in [0.4, 0.5) is 5.69 Å². The zero-order valence-electron chi connectivity index (χ0n) is 14.3. The van der Waals surface area contributed by atoms with Gasteiger partial charge in [0.2, 0.25) is 0 Å². The van der Waals surface area contributed by atoms with Crippen molar-refractivity contribution in [3.05, 3.63) is 53.6 Å². The van der Waals surface area contributed by atoms with Crippen molar-refractivity contribution in [1.29, 1.82) is 0 Å². The molecule has 0 aliphatic carbocycles. The molecule has 0 unspecified atom stereocenters. The fourth-order valence-electron chi connectivity index (χ4n) is 2.56. The van der Waals surface area contributed by atoms with Crippen LogP contribution in [0.2, 0.25) is 0 Å². The van der Waals surface area contributed by atoms with Gasteiger partial charge >= 0.3 is 0 Å². The minimum atomic E-state index is -0.197. The Morgan fingerprint density at radius 2 is 1.71 bits per heavy atom. The largest absolute Gasteiger partial charge is 0.398 e. The third kappa shape index (κ3) is 4.00. The first-order valence-corrected chi connectivity index (χ1v) is 7.83. The summed E-state index contributed by atoms with van der Waals surface area (Å²) in [5, 5.41) is 2.90. The Balaban J connectivity index is 2.45. The predicted molar refractivity (Wildman–Crippen MR) is 97.2 cm³/mol. The van der Waals surface area contributed by atoms with Crippen LogP contribution in [0.3, 0.4) is 0 Å². The first-order chi connectivity index (χ1) is 11.4. The number of ketones is 1. The standard InChI is InChI=1S/C19H23N3O2/c1-13(23)14-7-4-5-8-15(14)18-16(9-6-10-17(18)20)19(24)21-11-12-22(2)3/h4-10H,11-12,20H2,1-3H3,(H,21,24). The number of nitrogens with zero attached hydrogens (tertiary/aromatic N) is 1. The predicted octanol–water partition coefficient (Wildman–Crippen LogP) is 2.43. The van der Waals surface area contributed by atoms with Crippen LogP contribution in [-0.2, 0) is 0 Å². The molecule has 126 valence electrons. The fraction of sp³-hybridized carbons (Fsp3) is 0.263. The molecule has 0 bridgehead atoms. The van der Waals surface area contributed by atoms with Crippen LogP contribution < -0.4 is 11.1 Å². The van der Waals surface area contributed by atoms with Gasteiger partial charge in [-0.3, -0.25) is 9.59 Å². The maximum Gasteiger partial charge on any atom is 0.252 e. The number of rotatable bonds is 6. The maximum absolute atomic E-state index is 12.6. The number of carbonyl (C=O) groups excluding carboxylic acids is 2. The van der Waals surface area contributed by atoms with Crippen LogP contribution in [0, 0.1) is 0 Å². The second-order valence-electron chi connectivity index (χ2n) is 5.93. The molecular formula is C19H23N3O2. The summed E-state index contributed by atoms with van der Waals surface area (Å²) in [5.41, 5.74) is 8.93. The summed E-state index contributed by atoms with van der Waals surface area (Å²) < 4.78 is 0. The van der Waals surface area contributed by atoms with Crippen LogP contribution in [-0.4, -0.2) is 43.8 Å². The molecule has 0 aromatic heterocycles. The van der Waals surface area contributed by atoms with E-state index in [1.807, 2.05) is 31.1 Å². The number of nitrogen functional groups attached to an aromatic ring is 1. The molecule has 0 saturated carbocycles. The molecule has 2 aromatic carbocycles. The lowest BCUT2D eigenvalue weighted by atomic mass is 9.92. The van der Waals surface area contributed by atoms with E-state index < -0.39 is 0 Å². The minimum absolute atomic E-state index is 0.0622. The van der Waals surface area contributed by atoms with Gasteiger partial charge in [-0.15, -0.1) is 0 Å². The Morgan fingerprint density at radius 1 is 1.04 bits per heavy atom. The lowest BCUT2D eigenvalue weighted by Crippen LogP contribution is -2.31. The van der Waals surface area contributed by atoms with E-state index in [-0.39, 0.29) is 11.7 Å². The molecule has 3 N–H and O–H groups in total. The van der Waals surface area contributed by atoms with Crippen molar-refractivity contribution in [2.75, 3.05) is 32.9 Å². The van der Waals surface area contributed by atoms with Gasteiger partial charge in [0.25, 0.3) is 5.91 Å². The van der Waals surface area contributed by atoms with Gasteiger partial charge < -0.3 is 16.0 Å². The lowest BCUT2D eigenvalue weighted by molar-refractivity contribution is 0.0950. The van der Waals surface area contributed by atoms with Crippen molar-refractivity contribution < 1.29 is 9.59 Å². The topological polar surface area (TPSA) is 75.4 Å². The lowest BCUT2D eigenvalue weighted by Gasteiger charge is -2.16. The Hall–Kier alpha value is -2.66. The van der Waals surface area contributed by atoms with E-state index in [0.717, 1.165) is 6.54 Å². The number of hydrogen-bond donors (Lipinski definition) is 2. The van der Waals surface area contributed by atoms with Crippen molar-refractivity contribution >= 4 is 17.4 Å². The summed E-state index contributed by atoms with van der Waals surface area (Å²) >= 11 is 0. The Kier molecular flexibility index (Phi) is 5.71. The summed E-state index contributed by atoms with van der Waals surface area (Å²) in [6.45, 7) is 2.79. The fourth-order valence-corrected chi connectivity index (χ4v) is 2.56. The molecule has 0 spiro atoms. The molecule has 5 nitrogen and oxygen atoms in total. The first-order valence-electron chi connectivity index (χ1n) is 7.83. The van der Waals surface area contributed by atoms with Gasteiger partial charge in [0, 0.05) is 35.5 Å². The van der Waals surface area contributed by atoms with Gasteiger partial charge in [0.1, 0.15) is 0 Å². The molecule has 0 saturated heterocycles. The van der Waals surface area contributed by atoms with Gasteiger partial charge in [-0.1, -0.05) is 30.3 Å². The molecule has 0 aliphatic heterocycles. The van der Waals surface area contributed by atoms with Gasteiger partial charge in [-0.05, 0) is 38.7 Å². The Labute approximate surface area is 142 Å². The molecule has 0 radical (unpaired) electrons. The number of nitrogens with one attached hydrogen (secondary N) is 1. The van der Waals surface area contributed by atoms with Crippen molar-refractivity contribution in [1.82, 2.24) is 10.2 Å². The molecular weight excluding hydrogens is 302 g/mol. The maximum atomic E-state index is 12.6. The van der Waals surface area contributed by atoms with Crippen LogP contribution in [0.15, 0.2) is 42.5 Å². The molecule has 2 aromatic rings. The highest BCUT2D eigenvalue weighted by molar-refractivity contribution is 6.08. The molecule has 0 atom stereocenters. The van der Waals surface area contributed by atoms with Gasteiger partial charge in [-0.2, -0.15) is 0 Å². The minimum Gasteiger partial charge on any atom is -0.398 e. The molecule has 24 heavy (non-hydrogen) atoms. The number of benzene rings is 2. The highest BCUT2D eigenvalue weighted by atomic mass is 16.1. The van der Waals surface area contributed by atoms with E-state index >= 15 is 0 Å². The van der Waals surface area contributed by atoms with Gasteiger partial charge in [-0.25, -0.2) is 0 Å². The smallest absolute Gasteiger partial charge is 0.252 e.